The van der Waals surface area contributed by atoms with E-state index < -0.39 is 24.0 Å². The van der Waals surface area contributed by atoms with Crippen LogP contribution in [0, 0.1) is 6.92 Å². The molecule has 4 aromatic rings. The van der Waals surface area contributed by atoms with E-state index in [0.717, 1.165) is 11.1 Å². The average molecular weight is 641 g/mol. The smallest absolute Gasteiger partial charge is 1.00 e. The molecule has 4 rings (SSSR count). The van der Waals surface area contributed by atoms with Gasteiger partial charge in [-0.25, -0.2) is 4.79 Å². The number of amides is 1. The quantitative estimate of drug-likeness (QED) is 0.206. The molecule has 0 saturated carbocycles. The van der Waals surface area contributed by atoms with Crippen molar-refractivity contribution in [3.8, 4) is 22.5 Å². The van der Waals surface area contributed by atoms with E-state index in [-0.39, 0.29) is 30.3 Å². The van der Waals surface area contributed by atoms with E-state index in [1.807, 2.05) is 43.5 Å². The minimum absolute atomic E-state index is 0. The Morgan fingerprint density at radius 3 is 2.33 bits per heavy atom. The maximum Gasteiger partial charge on any atom is 1.00 e. The Hall–Kier alpha value is -2.34. The van der Waals surface area contributed by atoms with Crippen molar-refractivity contribution in [3.63, 3.8) is 0 Å². The fourth-order valence-electron chi connectivity index (χ4n) is 4.51. The first-order valence-electron chi connectivity index (χ1n) is 12.6. The first kappa shape index (κ1) is 34.2. The number of carbonyl (C=O) groups is 2. The van der Waals surface area contributed by atoms with Gasteiger partial charge in [0.25, 0.3) is 5.91 Å². The first-order chi connectivity index (χ1) is 19.7. The van der Waals surface area contributed by atoms with E-state index in [2.05, 4.69) is 5.32 Å². The molecule has 2 atom stereocenters. The number of rotatable bonds is 11. The van der Waals surface area contributed by atoms with Gasteiger partial charge >= 0.3 is 24.8 Å². The number of aliphatic carboxylic acids is 1. The summed E-state index contributed by atoms with van der Waals surface area (Å²) in [5.74, 6) is -0.283. The van der Waals surface area contributed by atoms with E-state index in [1.54, 1.807) is 36.4 Å². The van der Waals surface area contributed by atoms with E-state index in [9.17, 15) is 14.7 Å². The topological polar surface area (TPSA) is 88.8 Å². The molecular formula is C31H29Cl3LiNO5S. The van der Waals surface area contributed by atoms with Gasteiger partial charge in [-0.1, -0.05) is 65.1 Å². The molecule has 0 fully saturated rings. The summed E-state index contributed by atoms with van der Waals surface area (Å²) in [5, 5.41) is 13.4. The Morgan fingerprint density at radius 1 is 1.02 bits per heavy atom. The van der Waals surface area contributed by atoms with Crippen LogP contribution in [0.4, 0.5) is 0 Å². The van der Waals surface area contributed by atoms with Gasteiger partial charge in [0.15, 0.2) is 11.5 Å². The van der Waals surface area contributed by atoms with Crippen LogP contribution in [-0.4, -0.2) is 42.1 Å². The van der Waals surface area contributed by atoms with Crippen LogP contribution < -0.4 is 24.2 Å². The molecule has 0 aliphatic heterocycles. The number of aryl methyl sites for hydroxylation is 1. The number of carbonyl (C=O) groups excluding carboxylic acids is 1. The van der Waals surface area contributed by atoms with Crippen molar-refractivity contribution in [2.75, 3.05) is 19.1 Å². The molecule has 1 heterocycles. The standard InChI is InChI=1S/C31H28Cl3NO5S.Li.H/c1-17-6-4-5-7-21(17)23-16-19(10-13-22(23)30(36)35-24(31(37)38)14-15-41-3)28(39-2)29-26(34)25(33)27(40-29)18-8-11-20(32)12-9-18;;/h4-13,16,24,28H,14-15H2,1-3H3,(H,35,36)(H,37,38);;/q;+1;-1. The van der Waals surface area contributed by atoms with Crippen molar-refractivity contribution in [2.45, 2.75) is 25.5 Å². The zero-order valence-corrected chi connectivity index (χ0v) is 26.6. The number of benzene rings is 3. The summed E-state index contributed by atoms with van der Waals surface area (Å²) in [6, 6.07) is 18.9. The van der Waals surface area contributed by atoms with Crippen LogP contribution in [0.15, 0.2) is 71.1 Å². The molecule has 6 nitrogen and oxygen atoms in total. The summed E-state index contributed by atoms with van der Waals surface area (Å²) in [6.45, 7) is 1.94. The van der Waals surface area contributed by atoms with Gasteiger partial charge in [0.2, 0.25) is 0 Å². The molecule has 0 aliphatic rings. The van der Waals surface area contributed by atoms with E-state index in [0.29, 0.717) is 51.0 Å². The fourth-order valence-corrected chi connectivity index (χ4v) is 5.57. The van der Waals surface area contributed by atoms with Crippen LogP contribution in [0.25, 0.3) is 22.5 Å². The van der Waals surface area contributed by atoms with Crippen molar-refractivity contribution in [1.29, 1.82) is 0 Å². The molecule has 1 aromatic heterocycles. The SMILES string of the molecule is COC(c1ccc(C(=O)NC(CCSC)C(=O)O)c(-c2ccccc2C)c1)c1oc(-c2ccc(Cl)cc2)c(Cl)c1Cl.[H-].[Li+]. The normalized spacial score (nSPS) is 12.3. The number of nitrogens with one attached hydrogen (secondary N) is 1. The Kier molecular flexibility index (Phi) is 12.5. The van der Waals surface area contributed by atoms with Crippen LogP contribution >= 0.6 is 46.6 Å². The van der Waals surface area contributed by atoms with E-state index >= 15 is 0 Å². The second-order valence-corrected chi connectivity index (χ2v) is 11.5. The number of ether oxygens (including phenoxy) is 1. The van der Waals surface area contributed by atoms with Gasteiger partial charge in [-0.15, -0.1) is 0 Å². The Bertz CT molecular complexity index is 1570. The first-order valence-corrected chi connectivity index (χ1v) is 15.2. The van der Waals surface area contributed by atoms with Crippen LogP contribution in [0.1, 0.15) is 41.2 Å². The van der Waals surface area contributed by atoms with Gasteiger partial charge in [0.1, 0.15) is 22.2 Å². The molecule has 0 bridgehead atoms. The Labute approximate surface area is 277 Å². The van der Waals surface area contributed by atoms with Gasteiger partial charge in [0.05, 0.1) is 0 Å². The van der Waals surface area contributed by atoms with Crippen molar-refractivity contribution in [1.82, 2.24) is 5.32 Å². The summed E-state index contributed by atoms with van der Waals surface area (Å²) in [4.78, 5) is 25.3. The van der Waals surface area contributed by atoms with Crippen LogP contribution in [-0.2, 0) is 9.53 Å². The number of thioether (sulfide) groups is 1. The maximum atomic E-state index is 13.5. The summed E-state index contributed by atoms with van der Waals surface area (Å²) in [7, 11) is 1.52. The summed E-state index contributed by atoms with van der Waals surface area (Å²) in [5.41, 5.74) is 4.06. The third-order valence-electron chi connectivity index (χ3n) is 6.64. The molecule has 0 radical (unpaired) electrons. The number of hydrogen-bond acceptors (Lipinski definition) is 5. The minimum atomic E-state index is -1.08. The Morgan fingerprint density at radius 2 is 1.71 bits per heavy atom. The third kappa shape index (κ3) is 7.59. The van der Waals surface area contributed by atoms with Gasteiger partial charge in [-0.3, -0.25) is 4.79 Å². The summed E-state index contributed by atoms with van der Waals surface area (Å²) < 4.78 is 12.0. The van der Waals surface area contributed by atoms with E-state index in [4.69, 9.17) is 44.0 Å². The average Bonchev–Trinajstić information content (AvgIpc) is 3.25. The number of halogens is 3. The molecular weight excluding hydrogens is 612 g/mol. The molecule has 0 saturated heterocycles. The molecule has 216 valence electrons. The van der Waals surface area contributed by atoms with Crippen molar-refractivity contribution < 1.29 is 44.1 Å². The van der Waals surface area contributed by atoms with Gasteiger partial charge in [0, 0.05) is 23.3 Å². The number of carboxylic acids is 1. The van der Waals surface area contributed by atoms with Crippen LogP contribution in [0.3, 0.4) is 0 Å². The summed E-state index contributed by atoms with van der Waals surface area (Å²) >= 11 is 20.8. The fraction of sp³-hybridized carbons (Fsp3) is 0.226. The van der Waals surface area contributed by atoms with Crippen molar-refractivity contribution in [2.24, 2.45) is 0 Å². The molecule has 0 spiro atoms. The van der Waals surface area contributed by atoms with Gasteiger partial charge < -0.3 is 21.0 Å². The third-order valence-corrected chi connectivity index (χ3v) is 8.37. The second kappa shape index (κ2) is 15.4. The van der Waals surface area contributed by atoms with Crippen molar-refractivity contribution in [3.05, 3.63) is 104 Å². The minimum Gasteiger partial charge on any atom is -1.00 e. The van der Waals surface area contributed by atoms with Gasteiger partial charge in [-0.05, 0) is 84.0 Å². The number of carboxylic acid groups (broad SMARTS) is 1. The molecule has 42 heavy (non-hydrogen) atoms. The molecule has 0 aliphatic carbocycles. The van der Waals surface area contributed by atoms with Crippen LogP contribution in [0.5, 0.6) is 0 Å². The molecule has 3 aromatic carbocycles. The second-order valence-electron chi connectivity index (χ2n) is 9.31. The summed E-state index contributed by atoms with van der Waals surface area (Å²) in [6.07, 6.45) is 1.44. The predicted molar refractivity (Wildman–Crippen MR) is 168 cm³/mol. The molecule has 1 amide bonds. The number of furan rings is 1. The van der Waals surface area contributed by atoms with Crippen molar-refractivity contribution >= 4 is 58.4 Å². The molecule has 11 heteroatoms. The largest absolute Gasteiger partial charge is 1.00 e. The van der Waals surface area contributed by atoms with E-state index in [1.165, 1.54) is 18.9 Å². The zero-order valence-electron chi connectivity index (χ0n) is 24.5. The number of methoxy groups -OCH3 is 1. The van der Waals surface area contributed by atoms with Gasteiger partial charge in [-0.2, -0.15) is 11.8 Å². The number of hydrogen-bond donors (Lipinski definition) is 2. The molecule has 2 unspecified atom stereocenters. The Balaban J connectivity index is 0.00000323. The zero-order chi connectivity index (χ0) is 29.7. The predicted octanol–water partition coefficient (Wildman–Crippen LogP) is 5.67. The maximum absolute atomic E-state index is 13.5. The molecule has 2 N–H and O–H groups in total. The van der Waals surface area contributed by atoms with Crippen LogP contribution in [0.2, 0.25) is 15.1 Å². The monoisotopic (exact) mass is 639 g/mol.